The Hall–Kier alpha value is -3.87. The SMILES string of the molecule is CNC(=O)c1cc(Oc2ccc3nc(NCCc4ccccc4)oc3c2)ccn1. The second kappa shape index (κ2) is 8.43. The van der Waals surface area contributed by atoms with Crippen molar-refractivity contribution in [2.75, 3.05) is 18.9 Å². The van der Waals surface area contributed by atoms with Gasteiger partial charge in [-0.3, -0.25) is 9.78 Å². The van der Waals surface area contributed by atoms with Crippen molar-refractivity contribution in [3.05, 3.63) is 78.1 Å². The summed E-state index contributed by atoms with van der Waals surface area (Å²) in [6.07, 6.45) is 2.41. The van der Waals surface area contributed by atoms with E-state index in [4.69, 9.17) is 9.15 Å². The zero-order valence-corrected chi connectivity index (χ0v) is 15.9. The fourth-order valence-corrected chi connectivity index (χ4v) is 2.87. The fraction of sp³-hybridized carbons (Fsp3) is 0.136. The molecular formula is C22H20N4O3. The summed E-state index contributed by atoms with van der Waals surface area (Å²) in [5.74, 6) is 0.824. The average molecular weight is 388 g/mol. The smallest absolute Gasteiger partial charge is 0.295 e. The summed E-state index contributed by atoms with van der Waals surface area (Å²) in [4.78, 5) is 20.2. The van der Waals surface area contributed by atoms with Crippen LogP contribution in [-0.2, 0) is 6.42 Å². The summed E-state index contributed by atoms with van der Waals surface area (Å²) >= 11 is 0. The maximum atomic E-state index is 11.7. The molecule has 0 saturated heterocycles. The summed E-state index contributed by atoms with van der Waals surface area (Å²) < 4.78 is 11.6. The van der Waals surface area contributed by atoms with E-state index in [0.717, 1.165) is 18.5 Å². The molecule has 1 amide bonds. The van der Waals surface area contributed by atoms with Gasteiger partial charge in [-0.1, -0.05) is 30.3 Å². The minimum atomic E-state index is -0.271. The number of amides is 1. The molecule has 2 N–H and O–H groups in total. The number of aromatic nitrogens is 2. The number of carbonyl (C=O) groups is 1. The maximum Gasteiger partial charge on any atom is 0.295 e. The van der Waals surface area contributed by atoms with Gasteiger partial charge in [-0.15, -0.1) is 0 Å². The van der Waals surface area contributed by atoms with Gasteiger partial charge in [0.25, 0.3) is 11.9 Å². The van der Waals surface area contributed by atoms with Crippen molar-refractivity contribution >= 4 is 23.0 Å². The van der Waals surface area contributed by atoms with E-state index < -0.39 is 0 Å². The van der Waals surface area contributed by atoms with E-state index in [1.165, 1.54) is 11.8 Å². The lowest BCUT2D eigenvalue weighted by Crippen LogP contribution is -2.18. The van der Waals surface area contributed by atoms with Gasteiger partial charge in [-0.25, -0.2) is 0 Å². The lowest BCUT2D eigenvalue weighted by atomic mass is 10.1. The number of fused-ring (bicyclic) bond motifs is 1. The molecule has 7 nitrogen and oxygen atoms in total. The minimum absolute atomic E-state index is 0.271. The molecule has 0 bridgehead atoms. The van der Waals surface area contributed by atoms with Gasteiger partial charge in [0.05, 0.1) is 0 Å². The van der Waals surface area contributed by atoms with Crippen LogP contribution >= 0.6 is 0 Å². The summed E-state index contributed by atoms with van der Waals surface area (Å²) in [6, 6.07) is 19.4. The number of anilines is 1. The van der Waals surface area contributed by atoms with Crippen LogP contribution in [0.4, 0.5) is 6.01 Å². The lowest BCUT2D eigenvalue weighted by molar-refractivity contribution is 0.0958. The average Bonchev–Trinajstić information content (AvgIpc) is 3.16. The lowest BCUT2D eigenvalue weighted by Gasteiger charge is -2.06. The first-order valence-electron chi connectivity index (χ1n) is 9.25. The molecule has 29 heavy (non-hydrogen) atoms. The molecule has 0 unspecified atom stereocenters. The molecule has 0 saturated carbocycles. The first kappa shape index (κ1) is 18.5. The molecule has 146 valence electrons. The highest BCUT2D eigenvalue weighted by atomic mass is 16.5. The number of carbonyl (C=O) groups excluding carboxylic acids is 1. The fourth-order valence-electron chi connectivity index (χ4n) is 2.87. The van der Waals surface area contributed by atoms with Crippen LogP contribution < -0.4 is 15.4 Å². The maximum absolute atomic E-state index is 11.7. The van der Waals surface area contributed by atoms with E-state index in [-0.39, 0.29) is 11.6 Å². The van der Waals surface area contributed by atoms with Gasteiger partial charge in [0.15, 0.2) is 5.58 Å². The second-order valence-corrected chi connectivity index (χ2v) is 6.37. The minimum Gasteiger partial charge on any atom is -0.457 e. The standard InChI is InChI=1S/C22H20N4O3/c1-23-21(27)19-13-17(10-12-24-19)28-16-7-8-18-20(14-16)29-22(26-18)25-11-9-15-5-3-2-4-6-15/h2-8,10,12-14H,9,11H2,1H3,(H,23,27)(H,25,26). The van der Waals surface area contributed by atoms with Crippen LogP contribution in [0.3, 0.4) is 0 Å². The number of pyridine rings is 1. The summed E-state index contributed by atoms with van der Waals surface area (Å²) in [5, 5.41) is 5.75. The quantitative estimate of drug-likeness (QED) is 0.497. The van der Waals surface area contributed by atoms with Crippen molar-refractivity contribution in [3.63, 3.8) is 0 Å². The second-order valence-electron chi connectivity index (χ2n) is 6.37. The highest BCUT2D eigenvalue weighted by molar-refractivity contribution is 5.92. The van der Waals surface area contributed by atoms with Crippen LogP contribution in [0.25, 0.3) is 11.1 Å². The Morgan fingerprint density at radius 2 is 1.90 bits per heavy atom. The van der Waals surface area contributed by atoms with Gasteiger partial charge < -0.3 is 19.8 Å². The molecular weight excluding hydrogens is 368 g/mol. The van der Waals surface area contributed by atoms with E-state index in [1.807, 2.05) is 24.3 Å². The number of oxazole rings is 1. The van der Waals surface area contributed by atoms with E-state index in [1.54, 1.807) is 31.3 Å². The number of rotatable bonds is 7. The van der Waals surface area contributed by atoms with Crippen molar-refractivity contribution in [3.8, 4) is 11.5 Å². The first-order valence-corrected chi connectivity index (χ1v) is 9.25. The highest BCUT2D eigenvalue weighted by Gasteiger charge is 2.09. The van der Waals surface area contributed by atoms with Gasteiger partial charge in [0, 0.05) is 31.9 Å². The number of nitrogens with zero attached hydrogens (tertiary/aromatic N) is 2. The Bertz CT molecular complexity index is 1130. The van der Waals surface area contributed by atoms with Crippen molar-refractivity contribution in [2.45, 2.75) is 6.42 Å². The summed E-state index contributed by atoms with van der Waals surface area (Å²) in [6.45, 7) is 0.722. The zero-order valence-electron chi connectivity index (χ0n) is 15.9. The number of ether oxygens (including phenoxy) is 1. The third kappa shape index (κ3) is 4.52. The predicted octanol–water partition coefficient (Wildman–Crippen LogP) is 4.03. The van der Waals surface area contributed by atoms with Gasteiger partial charge >= 0.3 is 0 Å². The molecule has 2 heterocycles. The zero-order chi connectivity index (χ0) is 20.1. The molecule has 2 aromatic carbocycles. The van der Waals surface area contributed by atoms with E-state index >= 15 is 0 Å². The third-order valence-electron chi connectivity index (χ3n) is 4.32. The third-order valence-corrected chi connectivity index (χ3v) is 4.32. The molecule has 4 rings (SSSR count). The van der Waals surface area contributed by atoms with Crippen molar-refractivity contribution in [1.29, 1.82) is 0 Å². The van der Waals surface area contributed by atoms with Crippen LogP contribution in [0.5, 0.6) is 11.5 Å². The number of hydrogen-bond donors (Lipinski definition) is 2. The molecule has 2 aromatic heterocycles. The number of nitrogens with one attached hydrogen (secondary N) is 2. The van der Waals surface area contributed by atoms with Crippen molar-refractivity contribution in [2.24, 2.45) is 0 Å². The Morgan fingerprint density at radius 3 is 2.72 bits per heavy atom. The van der Waals surface area contributed by atoms with Crippen molar-refractivity contribution in [1.82, 2.24) is 15.3 Å². The van der Waals surface area contributed by atoms with Crippen LogP contribution in [0.1, 0.15) is 16.1 Å². The Kier molecular flexibility index (Phi) is 5.38. The molecule has 0 aliphatic heterocycles. The molecule has 0 spiro atoms. The molecule has 0 atom stereocenters. The number of benzene rings is 2. The molecule has 0 aliphatic rings. The Labute approximate surface area is 167 Å². The highest BCUT2D eigenvalue weighted by Crippen LogP contribution is 2.27. The Balaban J connectivity index is 1.43. The molecule has 0 aliphatic carbocycles. The van der Waals surface area contributed by atoms with E-state index in [2.05, 4.69) is 32.7 Å². The topological polar surface area (TPSA) is 89.3 Å². The van der Waals surface area contributed by atoms with Crippen LogP contribution in [0, 0.1) is 0 Å². The van der Waals surface area contributed by atoms with Crippen molar-refractivity contribution < 1.29 is 13.9 Å². The van der Waals surface area contributed by atoms with Crippen LogP contribution in [0.2, 0.25) is 0 Å². The number of hydrogen-bond acceptors (Lipinski definition) is 6. The van der Waals surface area contributed by atoms with Gasteiger partial charge in [0.1, 0.15) is 22.7 Å². The predicted molar refractivity (Wildman–Crippen MR) is 110 cm³/mol. The van der Waals surface area contributed by atoms with Crippen LogP contribution in [0.15, 0.2) is 71.3 Å². The van der Waals surface area contributed by atoms with Gasteiger partial charge in [-0.2, -0.15) is 4.98 Å². The summed E-state index contributed by atoms with van der Waals surface area (Å²) in [7, 11) is 1.56. The van der Waals surface area contributed by atoms with E-state index in [9.17, 15) is 4.79 Å². The van der Waals surface area contributed by atoms with Crippen LogP contribution in [-0.4, -0.2) is 29.5 Å². The molecule has 0 fully saturated rings. The molecule has 7 heteroatoms. The first-order chi connectivity index (χ1) is 14.2. The molecule has 0 radical (unpaired) electrons. The normalized spacial score (nSPS) is 10.7. The van der Waals surface area contributed by atoms with Gasteiger partial charge in [0.2, 0.25) is 0 Å². The Morgan fingerprint density at radius 1 is 1.07 bits per heavy atom. The monoisotopic (exact) mass is 388 g/mol. The molecule has 4 aromatic rings. The summed E-state index contributed by atoms with van der Waals surface area (Å²) in [5.41, 5.74) is 2.89. The largest absolute Gasteiger partial charge is 0.457 e. The van der Waals surface area contributed by atoms with Gasteiger partial charge in [-0.05, 0) is 30.2 Å². The van der Waals surface area contributed by atoms with E-state index in [0.29, 0.717) is 23.1 Å².